The third-order valence-corrected chi connectivity index (χ3v) is 3.77. The van der Waals surface area contributed by atoms with Crippen LogP contribution in [0.4, 0.5) is 0 Å². The number of rotatable bonds is 7. The van der Waals surface area contributed by atoms with Crippen molar-refractivity contribution in [3.8, 4) is 11.5 Å². The average Bonchev–Trinajstić information content (AvgIpc) is 3.13. The quantitative estimate of drug-likeness (QED) is 0.758. The summed E-state index contributed by atoms with van der Waals surface area (Å²) in [6, 6.07) is 5.37. The Kier molecular flexibility index (Phi) is 6.43. The minimum Gasteiger partial charge on any atom is -0.493 e. The Morgan fingerprint density at radius 1 is 1.29 bits per heavy atom. The van der Waals surface area contributed by atoms with E-state index in [4.69, 9.17) is 18.9 Å². The van der Waals surface area contributed by atoms with E-state index in [1.807, 2.05) is 6.07 Å². The number of hydrogen-bond donors (Lipinski definition) is 1. The number of carbonyl (C=O) groups excluding carboxylic acids is 2. The van der Waals surface area contributed by atoms with E-state index in [1.54, 1.807) is 26.4 Å². The van der Waals surface area contributed by atoms with Crippen molar-refractivity contribution in [2.24, 2.45) is 0 Å². The SMILES string of the molecule is COc1ccc(CNC(=O)[C@H](C)OC(=O)[C@@H]2CCCO2)cc1OC. The van der Waals surface area contributed by atoms with Crippen molar-refractivity contribution in [2.45, 2.75) is 38.5 Å². The molecule has 1 saturated heterocycles. The Morgan fingerprint density at radius 2 is 2.04 bits per heavy atom. The second-order valence-electron chi connectivity index (χ2n) is 5.49. The molecule has 0 spiro atoms. The molecule has 1 heterocycles. The third-order valence-electron chi connectivity index (χ3n) is 3.77. The van der Waals surface area contributed by atoms with E-state index >= 15 is 0 Å². The summed E-state index contributed by atoms with van der Waals surface area (Å²) in [6.45, 7) is 2.39. The van der Waals surface area contributed by atoms with E-state index in [2.05, 4.69) is 5.32 Å². The van der Waals surface area contributed by atoms with Gasteiger partial charge in [0.1, 0.15) is 0 Å². The minimum absolute atomic E-state index is 0.293. The first-order valence-corrected chi connectivity index (χ1v) is 7.86. The van der Waals surface area contributed by atoms with Crippen LogP contribution in [0.25, 0.3) is 0 Å². The fourth-order valence-corrected chi connectivity index (χ4v) is 2.39. The van der Waals surface area contributed by atoms with Gasteiger partial charge >= 0.3 is 5.97 Å². The molecule has 7 heteroatoms. The highest BCUT2D eigenvalue weighted by molar-refractivity contribution is 5.84. The molecule has 0 unspecified atom stereocenters. The maximum absolute atomic E-state index is 12.1. The standard InChI is InChI=1S/C17H23NO6/c1-11(24-17(20)14-5-4-8-23-14)16(19)18-10-12-6-7-13(21-2)15(9-12)22-3/h6-7,9,11,14H,4-5,8,10H2,1-3H3,(H,18,19)/t11-,14-/m0/s1. The number of esters is 1. The van der Waals surface area contributed by atoms with Crippen LogP contribution in [-0.2, 0) is 25.6 Å². The van der Waals surface area contributed by atoms with Crippen LogP contribution in [0.2, 0.25) is 0 Å². The van der Waals surface area contributed by atoms with Gasteiger partial charge in [0.25, 0.3) is 5.91 Å². The normalized spacial score (nSPS) is 17.9. The number of amides is 1. The van der Waals surface area contributed by atoms with Crippen LogP contribution in [-0.4, -0.2) is 44.9 Å². The largest absolute Gasteiger partial charge is 0.493 e. The molecule has 1 amide bonds. The molecule has 1 aromatic rings. The second-order valence-corrected chi connectivity index (χ2v) is 5.49. The minimum atomic E-state index is -0.873. The predicted molar refractivity (Wildman–Crippen MR) is 85.9 cm³/mol. The van der Waals surface area contributed by atoms with Gasteiger partial charge in [-0.1, -0.05) is 6.07 Å². The van der Waals surface area contributed by atoms with Crippen LogP contribution >= 0.6 is 0 Å². The summed E-state index contributed by atoms with van der Waals surface area (Å²) in [5, 5.41) is 2.73. The summed E-state index contributed by atoms with van der Waals surface area (Å²) in [6.07, 6.45) is 0.0475. The molecule has 2 atom stereocenters. The van der Waals surface area contributed by atoms with Crippen LogP contribution in [0.3, 0.4) is 0 Å². The van der Waals surface area contributed by atoms with Gasteiger partial charge in [-0.3, -0.25) is 4.79 Å². The van der Waals surface area contributed by atoms with Crippen molar-refractivity contribution in [1.29, 1.82) is 0 Å². The second kappa shape index (κ2) is 8.54. The van der Waals surface area contributed by atoms with Gasteiger partial charge in [0.15, 0.2) is 23.7 Å². The molecule has 0 bridgehead atoms. The highest BCUT2D eigenvalue weighted by atomic mass is 16.6. The zero-order valence-corrected chi connectivity index (χ0v) is 14.2. The Bertz CT molecular complexity index is 582. The van der Waals surface area contributed by atoms with E-state index in [-0.39, 0.29) is 5.91 Å². The van der Waals surface area contributed by atoms with Crippen LogP contribution in [0.1, 0.15) is 25.3 Å². The molecule has 0 radical (unpaired) electrons. The molecule has 0 saturated carbocycles. The van der Waals surface area contributed by atoms with Crippen molar-refractivity contribution >= 4 is 11.9 Å². The monoisotopic (exact) mass is 337 g/mol. The van der Waals surface area contributed by atoms with Crippen LogP contribution < -0.4 is 14.8 Å². The molecule has 1 aliphatic rings. The van der Waals surface area contributed by atoms with Gasteiger partial charge in [0.05, 0.1) is 14.2 Å². The Morgan fingerprint density at radius 3 is 2.67 bits per heavy atom. The first-order chi connectivity index (χ1) is 11.5. The third kappa shape index (κ3) is 4.61. The summed E-state index contributed by atoms with van der Waals surface area (Å²) >= 11 is 0. The molecular formula is C17H23NO6. The molecule has 1 fully saturated rings. The van der Waals surface area contributed by atoms with Crippen molar-refractivity contribution in [2.75, 3.05) is 20.8 Å². The fraction of sp³-hybridized carbons (Fsp3) is 0.529. The number of benzene rings is 1. The first-order valence-electron chi connectivity index (χ1n) is 7.86. The highest BCUT2D eigenvalue weighted by Crippen LogP contribution is 2.27. The van der Waals surface area contributed by atoms with Crippen molar-refractivity contribution < 1.29 is 28.5 Å². The summed E-state index contributed by atoms with van der Waals surface area (Å²) in [7, 11) is 3.11. The van der Waals surface area contributed by atoms with E-state index in [0.29, 0.717) is 31.1 Å². The highest BCUT2D eigenvalue weighted by Gasteiger charge is 2.28. The Balaban J connectivity index is 1.84. The number of ether oxygens (including phenoxy) is 4. The summed E-state index contributed by atoms with van der Waals surface area (Å²) in [5.74, 6) is 0.353. The summed E-state index contributed by atoms with van der Waals surface area (Å²) < 4.78 is 20.8. The molecule has 1 aliphatic heterocycles. The zero-order valence-electron chi connectivity index (χ0n) is 14.2. The molecular weight excluding hydrogens is 314 g/mol. The smallest absolute Gasteiger partial charge is 0.336 e. The topological polar surface area (TPSA) is 83.1 Å². The van der Waals surface area contributed by atoms with Crippen molar-refractivity contribution in [3.63, 3.8) is 0 Å². The van der Waals surface area contributed by atoms with E-state index in [0.717, 1.165) is 12.0 Å². The number of carbonyl (C=O) groups is 2. The van der Waals surface area contributed by atoms with Gasteiger partial charge in [0, 0.05) is 13.2 Å². The fourth-order valence-electron chi connectivity index (χ4n) is 2.39. The molecule has 2 rings (SSSR count). The van der Waals surface area contributed by atoms with Gasteiger partial charge in [-0.05, 0) is 37.5 Å². The van der Waals surface area contributed by atoms with Gasteiger partial charge in [0.2, 0.25) is 0 Å². The maximum Gasteiger partial charge on any atom is 0.336 e. The number of hydrogen-bond acceptors (Lipinski definition) is 6. The molecule has 0 aliphatic carbocycles. The average molecular weight is 337 g/mol. The van der Waals surface area contributed by atoms with Gasteiger partial charge in [-0.2, -0.15) is 0 Å². The molecule has 7 nitrogen and oxygen atoms in total. The lowest BCUT2D eigenvalue weighted by molar-refractivity contribution is -0.163. The van der Waals surface area contributed by atoms with Crippen LogP contribution in [0, 0.1) is 0 Å². The Hall–Kier alpha value is -2.28. The van der Waals surface area contributed by atoms with E-state index in [9.17, 15) is 9.59 Å². The lowest BCUT2D eigenvalue weighted by atomic mass is 10.2. The van der Waals surface area contributed by atoms with Crippen LogP contribution in [0.5, 0.6) is 11.5 Å². The van der Waals surface area contributed by atoms with Gasteiger partial charge < -0.3 is 24.3 Å². The molecule has 0 aromatic heterocycles. The Labute approximate surface area is 141 Å². The number of methoxy groups -OCH3 is 2. The molecule has 1 aromatic carbocycles. The van der Waals surface area contributed by atoms with E-state index < -0.39 is 18.2 Å². The van der Waals surface area contributed by atoms with Crippen molar-refractivity contribution in [3.05, 3.63) is 23.8 Å². The zero-order chi connectivity index (χ0) is 17.5. The van der Waals surface area contributed by atoms with Gasteiger partial charge in [-0.25, -0.2) is 4.79 Å². The summed E-state index contributed by atoms with van der Waals surface area (Å²) in [5.41, 5.74) is 0.846. The van der Waals surface area contributed by atoms with Crippen molar-refractivity contribution in [1.82, 2.24) is 5.32 Å². The molecule has 132 valence electrons. The summed E-state index contributed by atoms with van der Waals surface area (Å²) in [4.78, 5) is 23.9. The van der Waals surface area contributed by atoms with E-state index in [1.165, 1.54) is 6.92 Å². The molecule has 24 heavy (non-hydrogen) atoms. The lowest BCUT2D eigenvalue weighted by Gasteiger charge is -2.16. The first kappa shape index (κ1) is 18.1. The predicted octanol–water partition coefficient (Wildman–Crippen LogP) is 1.43. The molecule has 1 N–H and O–H groups in total. The maximum atomic E-state index is 12.1. The number of nitrogens with one attached hydrogen (secondary N) is 1. The lowest BCUT2D eigenvalue weighted by Crippen LogP contribution is -2.37. The van der Waals surface area contributed by atoms with Crippen LogP contribution in [0.15, 0.2) is 18.2 Å². The van der Waals surface area contributed by atoms with Gasteiger partial charge in [-0.15, -0.1) is 0 Å².